The zero-order chi connectivity index (χ0) is 10.4. The van der Waals surface area contributed by atoms with Gasteiger partial charge in [0.25, 0.3) is 0 Å². The number of hydrogen-bond acceptors (Lipinski definition) is 1. The summed E-state index contributed by atoms with van der Waals surface area (Å²) in [6.45, 7) is 4.33. The summed E-state index contributed by atoms with van der Waals surface area (Å²) in [6, 6.07) is 7.83. The van der Waals surface area contributed by atoms with Gasteiger partial charge in [-0.25, -0.2) is 0 Å². The normalized spacial score (nSPS) is 9.43. The minimum Gasteiger partial charge on any atom is -0.497 e. The minimum atomic E-state index is 0.633. The average Bonchev–Trinajstić information content (AvgIpc) is 2.18. The summed E-state index contributed by atoms with van der Waals surface area (Å²) < 4.78 is 5.11. The Morgan fingerprint density at radius 1 is 1.36 bits per heavy atom. The fraction of sp³-hybridized carbons (Fsp3) is 0.385. The molecule has 0 saturated carbocycles. The molecule has 1 nitrogen and oxygen atoms in total. The van der Waals surface area contributed by atoms with E-state index in [1.807, 2.05) is 24.3 Å². The van der Waals surface area contributed by atoms with E-state index in [4.69, 9.17) is 4.74 Å². The van der Waals surface area contributed by atoms with Crippen LogP contribution < -0.4 is 4.74 Å². The van der Waals surface area contributed by atoms with E-state index < -0.39 is 0 Å². The van der Waals surface area contributed by atoms with E-state index in [0.717, 1.165) is 17.7 Å². The molecule has 14 heavy (non-hydrogen) atoms. The third kappa shape index (κ3) is 3.53. The monoisotopic (exact) mass is 188 g/mol. The first-order valence-corrected chi connectivity index (χ1v) is 4.85. The molecule has 1 rings (SSSR count). The van der Waals surface area contributed by atoms with Crippen LogP contribution in [0.4, 0.5) is 0 Å². The number of hydrogen-bond donors (Lipinski definition) is 0. The summed E-state index contributed by atoms with van der Waals surface area (Å²) in [5.74, 6) is 7.76. The summed E-state index contributed by atoms with van der Waals surface area (Å²) in [5, 5.41) is 0. The van der Waals surface area contributed by atoms with Gasteiger partial charge < -0.3 is 4.74 Å². The fourth-order valence-corrected chi connectivity index (χ4v) is 1.06. The maximum atomic E-state index is 5.11. The van der Waals surface area contributed by atoms with Gasteiger partial charge in [0.1, 0.15) is 5.75 Å². The lowest BCUT2D eigenvalue weighted by molar-refractivity contribution is 0.414. The van der Waals surface area contributed by atoms with Gasteiger partial charge in [-0.3, -0.25) is 0 Å². The highest BCUT2D eigenvalue weighted by molar-refractivity contribution is 5.39. The van der Waals surface area contributed by atoms with Gasteiger partial charge in [-0.2, -0.15) is 0 Å². The predicted molar refractivity (Wildman–Crippen MR) is 59.3 cm³/mol. The molecule has 0 radical (unpaired) electrons. The first-order chi connectivity index (χ1) is 6.72. The number of rotatable bonds is 2. The average molecular weight is 188 g/mol. The lowest BCUT2D eigenvalue weighted by Crippen LogP contribution is -1.84. The van der Waals surface area contributed by atoms with E-state index in [9.17, 15) is 0 Å². The summed E-state index contributed by atoms with van der Waals surface area (Å²) in [4.78, 5) is 0. The largest absolute Gasteiger partial charge is 0.497 e. The van der Waals surface area contributed by atoms with Gasteiger partial charge in [0.05, 0.1) is 7.11 Å². The van der Waals surface area contributed by atoms with Crippen LogP contribution in [0, 0.1) is 17.8 Å². The summed E-state index contributed by atoms with van der Waals surface area (Å²) >= 11 is 0. The summed E-state index contributed by atoms with van der Waals surface area (Å²) in [6.07, 6.45) is 0.942. The molecular weight excluding hydrogens is 172 g/mol. The molecule has 0 saturated heterocycles. The van der Waals surface area contributed by atoms with Crippen molar-refractivity contribution in [1.29, 1.82) is 0 Å². The number of ether oxygens (including phenoxy) is 1. The molecule has 0 N–H and O–H groups in total. The van der Waals surface area contributed by atoms with Crippen LogP contribution in [0.5, 0.6) is 5.75 Å². The third-order valence-corrected chi connectivity index (χ3v) is 1.81. The maximum absolute atomic E-state index is 5.11. The van der Waals surface area contributed by atoms with E-state index in [-0.39, 0.29) is 0 Å². The Morgan fingerprint density at radius 2 is 2.14 bits per heavy atom. The fourth-order valence-electron chi connectivity index (χ4n) is 1.06. The second kappa shape index (κ2) is 5.34. The zero-order valence-electron chi connectivity index (χ0n) is 9.00. The summed E-state index contributed by atoms with van der Waals surface area (Å²) in [5.41, 5.74) is 1.02. The molecule has 1 heteroatoms. The molecular formula is C13H16O. The first kappa shape index (κ1) is 10.7. The van der Waals surface area contributed by atoms with Crippen LogP contribution in [0.25, 0.3) is 0 Å². The molecule has 1 aromatic rings. The smallest absolute Gasteiger partial charge is 0.120 e. The Balaban J connectivity index is 2.69. The predicted octanol–water partition coefficient (Wildman–Crippen LogP) is 3.09. The van der Waals surface area contributed by atoms with Crippen LogP contribution in [-0.4, -0.2) is 7.11 Å². The van der Waals surface area contributed by atoms with E-state index in [0.29, 0.717) is 5.92 Å². The molecule has 0 atom stereocenters. The standard InChI is InChI=1S/C13H16O/c1-11(2)6-4-7-12-8-5-9-13(10-12)14-3/h5,8-11H,6H2,1-3H3. The molecule has 0 aromatic heterocycles. The van der Waals surface area contributed by atoms with Crippen molar-refractivity contribution in [2.75, 3.05) is 7.11 Å². The molecule has 0 unspecified atom stereocenters. The Kier molecular flexibility index (Phi) is 4.07. The van der Waals surface area contributed by atoms with Crippen molar-refractivity contribution in [2.24, 2.45) is 5.92 Å². The zero-order valence-corrected chi connectivity index (χ0v) is 9.00. The Morgan fingerprint density at radius 3 is 2.79 bits per heavy atom. The molecule has 0 fully saturated rings. The van der Waals surface area contributed by atoms with Gasteiger partial charge in [-0.1, -0.05) is 31.8 Å². The van der Waals surface area contributed by atoms with E-state index in [1.165, 1.54) is 0 Å². The second-order valence-electron chi connectivity index (χ2n) is 3.63. The molecule has 0 aliphatic carbocycles. The molecule has 0 bridgehead atoms. The number of benzene rings is 1. The molecule has 0 amide bonds. The first-order valence-electron chi connectivity index (χ1n) is 4.85. The lowest BCUT2D eigenvalue weighted by Gasteiger charge is -1.98. The van der Waals surface area contributed by atoms with Crippen molar-refractivity contribution in [3.63, 3.8) is 0 Å². The van der Waals surface area contributed by atoms with Gasteiger partial charge in [0, 0.05) is 12.0 Å². The molecule has 74 valence electrons. The van der Waals surface area contributed by atoms with Gasteiger partial charge in [-0.05, 0) is 24.1 Å². The Bertz CT molecular complexity index is 342. The quantitative estimate of drug-likeness (QED) is 0.648. The molecule has 0 aliphatic rings. The lowest BCUT2D eigenvalue weighted by atomic mass is 10.1. The highest BCUT2D eigenvalue weighted by Crippen LogP contribution is 2.11. The van der Waals surface area contributed by atoms with Crippen LogP contribution in [-0.2, 0) is 0 Å². The van der Waals surface area contributed by atoms with E-state index in [2.05, 4.69) is 25.7 Å². The van der Waals surface area contributed by atoms with Crippen LogP contribution in [0.15, 0.2) is 24.3 Å². The topological polar surface area (TPSA) is 9.23 Å². The van der Waals surface area contributed by atoms with Crippen molar-refractivity contribution in [3.8, 4) is 17.6 Å². The van der Waals surface area contributed by atoms with Crippen molar-refractivity contribution in [1.82, 2.24) is 0 Å². The highest BCUT2D eigenvalue weighted by atomic mass is 16.5. The Hall–Kier alpha value is -1.42. The van der Waals surface area contributed by atoms with Gasteiger partial charge in [0.2, 0.25) is 0 Å². The SMILES string of the molecule is COc1cccc(C#CCC(C)C)c1. The summed E-state index contributed by atoms with van der Waals surface area (Å²) in [7, 11) is 1.67. The Labute approximate surface area is 86.1 Å². The van der Waals surface area contributed by atoms with Crippen molar-refractivity contribution in [3.05, 3.63) is 29.8 Å². The van der Waals surface area contributed by atoms with Crippen LogP contribution in [0.1, 0.15) is 25.8 Å². The van der Waals surface area contributed by atoms with Crippen molar-refractivity contribution >= 4 is 0 Å². The molecule has 0 aliphatic heterocycles. The van der Waals surface area contributed by atoms with E-state index >= 15 is 0 Å². The minimum absolute atomic E-state index is 0.633. The van der Waals surface area contributed by atoms with Crippen LogP contribution >= 0.6 is 0 Å². The van der Waals surface area contributed by atoms with Crippen LogP contribution in [0.2, 0.25) is 0 Å². The van der Waals surface area contributed by atoms with Gasteiger partial charge >= 0.3 is 0 Å². The highest BCUT2D eigenvalue weighted by Gasteiger charge is 1.91. The molecule has 1 aromatic carbocycles. The molecule has 0 spiro atoms. The maximum Gasteiger partial charge on any atom is 0.120 e. The van der Waals surface area contributed by atoms with E-state index in [1.54, 1.807) is 7.11 Å². The van der Waals surface area contributed by atoms with Gasteiger partial charge in [0.15, 0.2) is 0 Å². The van der Waals surface area contributed by atoms with Crippen molar-refractivity contribution in [2.45, 2.75) is 20.3 Å². The molecule has 0 heterocycles. The van der Waals surface area contributed by atoms with Gasteiger partial charge in [-0.15, -0.1) is 0 Å². The van der Waals surface area contributed by atoms with Crippen LogP contribution in [0.3, 0.4) is 0 Å². The third-order valence-electron chi connectivity index (χ3n) is 1.81. The second-order valence-corrected chi connectivity index (χ2v) is 3.63. The van der Waals surface area contributed by atoms with Crippen molar-refractivity contribution < 1.29 is 4.74 Å². The number of methoxy groups -OCH3 is 1.